The number of carboxylic acids is 1. The minimum Gasteiger partial charge on any atom is -0.481 e. The topological polar surface area (TPSA) is 77.9 Å². The summed E-state index contributed by atoms with van der Waals surface area (Å²) in [5.41, 5.74) is 0.263. The molecule has 35 heavy (non-hydrogen) atoms. The molecule has 1 aromatic rings. The number of alkyl halides is 3. The molecule has 0 amide bonds. The Bertz CT molecular complexity index is 1140. The number of aliphatic carboxylic acids is 1. The van der Waals surface area contributed by atoms with Crippen LogP contribution in [0.4, 0.5) is 23.2 Å². The van der Waals surface area contributed by atoms with E-state index < -0.39 is 45.5 Å². The van der Waals surface area contributed by atoms with E-state index in [1.54, 1.807) is 17.9 Å². The Kier molecular flexibility index (Phi) is 8.10. The zero-order valence-corrected chi connectivity index (χ0v) is 20.1. The average molecular weight is 517 g/mol. The van der Waals surface area contributed by atoms with E-state index in [4.69, 9.17) is 0 Å². The average Bonchev–Trinajstić information content (AvgIpc) is 3.21. The number of carboxylic acid groups (broad SMARTS) is 1. The molecule has 3 rings (SSSR count). The molecule has 0 saturated carbocycles. The van der Waals surface area contributed by atoms with Crippen LogP contribution in [0.3, 0.4) is 0 Å². The highest BCUT2D eigenvalue weighted by Crippen LogP contribution is 2.35. The van der Waals surface area contributed by atoms with E-state index in [1.165, 1.54) is 16.5 Å². The van der Waals surface area contributed by atoms with Gasteiger partial charge in [0.1, 0.15) is 5.82 Å². The minimum absolute atomic E-state index is 0.00602. The predicted octanol–water partition coefficient (Wildman–Crippen LogP) is 4.61. The summed E-state index contributed by atoms with van der Waals surface area (Å²) in [6, 6.07) is 1.87. The van der Waals surface area contributed by atoms with Crippen LogP contribution in [0.2, 0.25) is 0 Å². The smallest absolute Gasteiger partial charge is 0.416 e. The Morgan fingerprint density at radius 1 is 1.29 bits per heavy atom. The Morgan fingerprint density at radius 3 is 2.57 bits per heavy atom. The van der Waals surface area contributed by atoms with E-state index in [2.05, 4.69) is 6.58 Å². The first-order valence-corrected chi connectivity index (χ1v) is 12.9. The molecule has 192 valence electrons. The highest BCUT2D eigenvalue weighted by molar-refractivity contribution is 7.89. The fourth-order valence-electron chi connectivity index (χ4n) is 4.64. The Hall–Kier alpha value is -2.66. The van der Waals surface area contributed by atoms with Gasteiger partial charge in [0.05, 0.1) is 22.9 Å². The highest BCUT2D eigenvalue weighted by Gasteiger charge is 2.36. The molecule has 0 radical (unpaired) electrons. The first-order chi connectivity index (χ1) is 16.4. The zero-order chi connectivity index (χ0) is 26.0. The van der Waals surface area contributed by atoms with Gasteiger partial charge in [-0.3, -0.25) is 4.79 Å². The quantitative estimate of drug-likeness (QED) is 0.511. The monoisotopic (exact) mass is 516 g/mol. The number of halogens is 4. The van der Waals surface area contributed by atoms with E-state index >= 15 is 0 Å². The maximum Gasteiger partial charge on any atom is 0.416 e. The van der Waals surface area contributed by atoms with Crippen molar-refractivity contribution in [3.05, 3.63) is 65.5 Å². The molecule has 1 aliphatic heterocycles. The van der Waals surface area contributed by atoms with Crippen molar-refractivity contribution >= 4 is 21.7 Å². The van der Waals surface area contributed by atoms with E-state index in [9.17, 15) is 35.9 Å². The van der Waals surface area contributed by atoms with Gasteiger partial charge in [-0.05, 0) is 48.6 Å². The third kappa shape index (κ3) is 5.95. The first kappa shape index (κ1) is 26.9. The van der Waals surface area contributed by atoms with Crippen molar-refractivity contribution in [3.8, 4) is 0 Å². The number of hydrogen-bond donors (Lipinski definition) is 1. The molecule has 1 fully saturated rings. The zero-order valence-electron chi connectivity index (χ0n) is 19.3. The van der Waals surface area contributed by atoms with Crippen molar-refractivity contribution in [2.24, 2.45) is 5.92 Å². The van der Waals surface area contributed by atoms with Gasteiger partial charge >= 0.3 is 12.1 Å². The number of benzene rings is 1. The molecule has 1 heterocycles. The van der Waals surface area contributed by atoms with Crippen molar-refractivity contribution in [2.45, 2.75) is 38.4 Å². The molecule has 6 nitrogen and oxygen atoms in total. The standard InChI is InChI=1S/C24H28F4N2O4S/c1-3-18-15-29(22-10-8-17(14-21(22)25)24(26,27)28)11-12-30(18)35(33,34)13-5-6-16-7-9-20(23(31)32)19(16)4-2/h4-6,8,10,14,18,20H,2-3,7,9,11-13,15H2,1H3,(H,31,32)/b6-5-. The van der Waals surface area contributed by atoms with Crippen LogP contribution in [0.15, 0.2) is 54.2 Å². The van der Waals surface area contributed by atoms with Gasteiger partial charge in [-0.1, -0.05) is 31.7 Å². The highest BCUT2D eigenvalue weighted by atomic mass is 32.2. The number of rotatable bonds is 8. The van der Waals surface area contributed by atoms with Crippen LogP contribution < -0.4 is 4.90 Å². The second kappa shape index (κ2) is 10.5. The maximum absolute atomic E-state index is 14.4. The lowest BCUT2D eigenvalue weighted by Gasteiger charge is -2.41. The summed E-state index contributed by atoms with van der Waals surface area (Å²) in [4.78, 5) is 12.9. The molecular weight excluding hydrogens is 488 g/mol. The van der Waals surface area contributed by atoms with E-state index in [1.807, 2.05) is 0 Å². The lowest BCUT2D eigenvalue weighted by Crippen LogP contribution is -2.55. The van der Waals surface area contributed by atoms with Gasteiger partial charge < -0.3 is 10.0 Å². The van der Waals surface area contributed by atoms with Crippen molar-refractivity contribution in [3.63, 3.8) is 0 Å². The number of nitrogens with zero attached hydrogens (tertiary/aromatic N) is 2. The van der Waals surface area contributed by atoms with E-state index in [-0.39, 0.29) is 31.1 Å². The molecule has 1 aliphatic carbocycles. The van der Waals surface area contributed by atoms with Crippen molar-refractivity contribution in [1.82, 2.24) is 4.31 Å². The number of sulfonamides is 1. The summed E-state index contributed by atoms with van der Waals surface area (Å²) in [5, 5.41) is 9.30. The summed E-state index contributed by atoms with van der Waals surface area (Å²) < 4.78 is 80.4. The molecular formula is C24H28F4N2O4S. The molecule has 1 aromatic carbocycles. The van der Waals surface area contributed by atoms with Crippen LogP contribution in [0.1, 0.15) is 31.7 Å². The van der Waals surface area contributed by atoms with Gasteiger partial charge in [-0.25, -0.2) is 12.8 Å². The molecule has 2 aliphatic rings. The largest absolute Gasteiger partial charge is 0.481 e. The summed E-state index contributed by atoms with van der Waals surface area (Å²) >= 11 is 0. The second-order valence-electron chi connectivity index (χ2n) is 8.58. The Morgan fingerprint density at radius 2 is 2.00 bits per heavy atom. The first-order valence-electron chi connectivity index (χ1n) is 11.2. The third-order valence-electron chi connectivity index (χ3n) is 6.47. The predicted molar refractivity (Wildman–Crippen MR) is 125 cm³/mol. The Labute approximate surface area is 202 Å². The van der Waals surface area contributed by atoms with Crippen LogP contribution in [0, 0.1) is 11.7 Å². The number of carbonyl (C=O) groups is 1. The summed E-state index contributed by atoms with van der Waals surface area (Å²) in [6.07, 6.45) is 1.36. The number of anilines is 1. The molecule has 0 spiro atoms. The molecule has 11 heteroatoms. The van der Waals surface area contributed by atoms with Gasteiger partial charge in [0.25, 0.3) is 0 Å². The van der Waals surface area contributed by atoms with E-state index in [0.717, 1.165) is 17.7 Å². The van der Waals surface area contributed by atoms with E-state index in [0.29, 0.717) is 30.9 Å². The number of hydrogen-bond acceptors (Lipinski definition) is 4. The molecule has 2 atom stereocenters. The van der Waals surface area contributed by atoms with Crippen molar-refractivity contribution in [1.29, 1.82) is 0 Å². The van der Waals surface area contributed by atoms with Crippen molar-refractivity contribution in [2.75, 3.05) is 30.3 Å². The molecule has 0 bridgehead atoms. The van der Waals surface area contributed by atoms with Gasteiger partial charge in [-0.15, -0.1) is 0 Å². The summed E-state index contributed by atoms with van der Waals surface area (Å²) in [6.45, 7) is 5.80. The fourth-order valence-corrected chi connectivity index (χ4v) is 6.20. The molecule has 1 saturated heterocycles. The molecule has 2 unspecified atom stereocenters. The fraction of sp³-hybridized carbons (Fsp3) is 0.458. The lowest BCUT2D eigenvalue weighted by atomic mass is 10.0. The number of piperazine rings is 1. The van der Waals surface area contributed by atoms with Crippen LogP contribution >= 0.6 is 0 Å². The maximum atomic E-state index is 14.4. The molecule has 1 N–H and O–H groups in total. The third-order valence-corrected chi connectivity index (χ3v) is 8.27. The number of allylic oxidation sites excluding steroid dienone is 3. The lowest BCUT2D eigenvalue weighted by molar-refractivity contribution is -0.140. The summed E-state index contributed by atoms with van der Waals surface area (Å²) in [7, 11) is -3.72. The van der Waals surface area contributed by atoms with Gasteiger partial charge in [0.2, 0.25) is 10.0 Å². The van der Waals surface area contributed by atoms with Crippen LogP contribution in [-0.2, 0) is 21.0 Å². The van der Waals surface area contributed by atoms with Crippen molar-refractivity contribution < 1.29 is 35.9 Å². The van der Waals surface area contributed by atoms with Crippen LogP contribution in [-0.4, -0.2) is 55.2 Å². The minimum atomic E-state index is -4.65. The van der Waals surface area contributed by atoms with Gasteiger partial charge in [-0.2, -0.15) is 17.5 Å². The second-order valence-corrected chi connectivity index (χ2v) is 10.5. The van der Waals surface area contributed by atoms with Crippen LogP contribution in [0.25, 0.3) is 0 Å². The van der Waals surface area contributed by atoms with Gasteiger partial charge in [0, 0.05) is 25.7 Å². The van der Waals surface area contributed by atoms with Gasteiger partial charge in [0.15, 0.2) is 0 Å². The Balaban J connectivity index is 1.71. The summed E-state index contributed by atoms with van der Waals surface area (Å²) in [5.74, 6) is -2.88. The normalized spacial score (nSPS) is 22.3. The van der Waals surface area contributed by atoms with Crippen LogP contribution in [0.5, 0.6) is 0 Å². The molecule has 0 aromatic heterocycles. The SMILES string of the molecule is C=CC1=C(/C=C\CS(=O)(=O)N2CCN(c3ccc(C(F)(F)F)cc3F)CC2CC)CCC1C(=O)O.